The molecule has 1 aromatic rings. The van der Waals surface area contributed by atoms with E-state index in [9.17, 15) is 0 Å². The summed E-state index contributed by atoms with van der Waals surface area (Å²) in [6.07, 6.45) is 5.00. The first-order valence-electron chi connectivity index (χ1n) is 7.85. The van der Waals surface area contributed by atoms with Gasteiger partial charge in [-0.05, 0) is 51.3 Å². The van der Waals surface area contributed by atoms with Crippen molar-refractivity contribution in [1.82, 2.24) is 5.32 Å². The van der Waals surface area contributed by atoms with Gasteiger partial charge >= 0.3 is 0 Å². The zero-order chi connectivity index (χ0) is 13.9. The lowest BCUT2D eigenvalue weighted by molar-refractivity contribution is 0.455. The summed E-state index contributed by atoms with van der Waals surface area (Å²) in [5, 5.41) is 3.63. The molecule has 0 bridgehead atoms. The highest BCUT2D eigenvalue weighted by Gasteiger charge is 2.07. The first-order valence-corrected chi connectivity index (χ1v) is 7.85. The second kappa shape index (κ2) is 9.85. The minimum absolute atomic E-state index is 0.689. The molecule has 0 spiro atoms. The van der Waals surface area contributed by atoms with E-state index in [2.05, 4.69) is 61.3 Å². The van der Waals surface area contributed by atoms with Gasteiger partial charge in [0.05, 0.1) is 0 Å². The Labute approximate surface area is 119 Å². The van der Waals surface area contributed by atoms with Gasteiger partial charge in [-0.25, -0.2) is 0 Å². The maximum atomic E-state index is 3.63. The monoisotopic (exact) mass is 262 g/mol. The topological polar surface area (TPSA) is 15.3 Å². The molecule has 2 heteroatoms. The number of benzene rings is 1. The molecule has 0 fully saturated rings. The average molecular weight is 262 g/mol. The predicted octanol–water partition coefficient (Wildman–Crippen LogP) is 4.07. The first kappa shape index (κ1) is 16.0. The second-order valence-electron chi connectivity index (χ2n) is 5.12. The van der Waals surface area contributed by atoms with E-state index in [4.69, 9.17) is 0 Å². The van der Waals surface area contributed by atoms with Gasteiger partial charge in [-0.2, -0.15) is 0 Å². The third kappa shape index (κ3) is 6.11. The van der Waals surface area contributed by atoms with Crippen LogP contribution in [0.15, 0.2) is 30.3 Å². The van der Waals surface area contributed by atoms with E-state index in [-0.39, 0.29) is 0 Å². The normalized spacial score (nSPS) is 12.4. The minimum Gasteiger partial charge on any atom is -0.372 e. The molecule has 0 aliphatic heterocycles. The number of hydrogen-bond acceptors (Lipinski definition) is 2. The maximum absolute atomic E-state index is 3.63. The van der Waals surface area contributed by atoms with Crippen LogP contribution in [0.2, 0.25) is 0 Å². The number of para-hydroxylation sites is 1. The number of nitrogens with one attached hydrogen (secondary N) is 1. The van der Waals surface area contributed by atoms with E-state index < -0.39 is 0 Å². The van der Waals surface area contributed by atoms with Crippen molar-refractivity contribution >= 4 is 5.69 Å². The van der Waals surface area contributed by atoms with E-state index >= 15 is 0 Å². The van der Waals surface area contributed by atoms with Crippen molar-refractivity contribution in [1.29, 1.82) is 0 Å². The Kier molecular flexibility index (Phi) is 8.31. The van der Waals surface area contributed by atoms with Gasteiger partial charge < -0.3 is 10.2 Å². The molecule has 0 aliphatic rings. The summed E-state index contributed by atoms with van der Waals surface area (Å²) in [5.74, 6) is 0. The molecule has 108 valence electrons. The molecule has 0 radical (unpaired) electrons. The maximum Gasteiger partial charge on any atom is 0.0366 e. The Hall–Kier alpha value is -1.02. The number of anilines is 1. The SMILES string of the molecule is CCCNC(CC)CCCN(CC)c1ccccc1. The van der Waals surface area contributed by atoms with Gasteiger partial charge in [-0.1, -0.05) is 32.0 Å². The van der Waals surface area contributed by atoms with Crippen LogP contribution in [0.4, 0.5) is 5.69 Å². The molecule has 1 N–H and O–H groups in total. The molecule has 0 saturated heterocycles. The van der Waals surface area contributed by atoms with E-state index in [0.717, 1.165) is 19.6 Å². The van der Waals surface area contributed by atoms with Gasteiger partial charge in [0, 0.05) is 24.8 Å². The summed E-state index contributed by atoms with van der Waals surface area (Å²) in [5.41, 5.74) is 1.35. The van der Waals surface area contributed by atoms with Crippen LogP contribution >= 0.6 is 0 Å². The van der Waals surface area contributed by atoms with Crippen LogP contribution in [0.3, 0.4) is 0 Å². The summed E-state index contributed by atoms with van der Waals surface area (Å²) >= 11 is 0. The molecule has 19 heavy (non-hydrogen) atoms. The lowest BCUT2D eigenvalue weighted by Gasteiger charge is -2.24. The third-order valence-electron chi connectivity index (χ3n) is 3.66. The van der Waals surface area contributed by atoms with Crippen molar-refractivity contribution < 1.29 is 0 Å². The van der Waals surface area contributed by atoms with Gasteiger partial charge in [0.2, 0.25) is 0 Å². The van der Waals surface area contributed by atoms with Crippen molar-refractivity contribution in [2.75, 3.05) is 24.5 Å². The predicted molar refractivity (Wildman–Crippen MR) is 85.9 cm³/mol. The van der Waals surface area contributed by atoms with Gasteiger partial charge in [0.1, 0.15) is 0 Å². The lowest BCUT2D eigenvalue weighted by atomic mass is 10.1. The van der Waals surface area contributed by atoms with Gasteiger partial charge in [-0.15, -0.1) is 0 Å². The Morgan fingerprint density at radius 2 is 1.84 bits per heavy atom. The highest BCUT2D eigenvalue weighted by Crippen LogP contribution is 2.14. The summed E-state index contributed by atoms with van der Waals surface area (Å²) in [6.45, 7) is 10.1. The molecular weight excluding hydrogens is 232 g/mol. The van der Waals surface area contributed by atoms with Crippen LogP contribution in [-0.2, 0) is 0 Å². The summed E-state index contributed by atoms with van der Waals surface area (Å²) in [7, 11) is 0. The molecule has 1 aromatic carbocycles. The van der Waals surface area contributed by atoms with Gasteiger partial charge in [-0.3, -0.25) is 0 Å². The zero-order valence-electron chi connectivity index (χ0n) is 12.9. The molecule has 1 atom stereocenters. The summed E-state index contributed by atoms with van der Waals surface area (Å²) in [6, 6.07) is 11.4. The number of rotatable bonds is 10. The van der Waals surface area contributed by atoms with Crippen LogP contribution in [0.5, 0.6) is 0 Å². The Morgan fingerprint density at radius 1 is 1.11 bits per heavy atom. The number of nitrogens with zero attached hydrogens (tertiary/aromatic N) is 1. The standard InChI is InChI=1S/C17H30N2/c1-4-14-18-16(5-2)11-10-15-19(6-3)17-12-8-7-9-13-17/h7-9,12-13,16,18H,4-6,10-11,14-15H2,1-3H3. The molecule has 0 aliphatic carbocycles. The molecule has 1 unspecified atom stereocenters. The third-order valence-corrected chi connectivity index (χ3v) is 3.66. The Balaban J connectivity index is 2.33. The highest BCUT2D eigenvalue weighted by molar-refractivity contribution is 5.45. The van der Waals surface area contributed by atoms with Gasteiger partial charge in [0.25, 0.3) is 0 Å². The van der Waals surface area contributed by atoms with Crippen LogP contribution in [-0.4, -0.2) is 25.7 Å². The smallest absolute Gasteiger partial charge is 0.0366 e. The fourth-order valence-corrected chi connectivity index (χ4v) is 2.44. The van der Waals surface area contributed by atoms with E-state index in [0.29, 0.717) is 6.04 Å². The number of hydrogen-bond donors (Lipinski definition) is 1. The van der Waals surface area contributed by atoms with Gasteiger partial charge in [0.15, 0.2) is 0 Å². The average Bonchev–Trinajstić information content (AvgIpc) is 2.47. The second-order valence-corrected chi connectivity index (χ2v) is 5.12. The molecule has 0 aromatic heterocycles. The largest absolute Gasteiger partial charge is 0.372 e. The van der Waals surface area contributed by atoms with Crippen LogP contribution < -0.4 is 10.2 Å². The molecule has 0 heterocycles. The fourth-order valence-electron chi connectivity index (χ4n) is 2.44. The molecular formula is C17H30N2. The van der Waals surface area contributed by atoms with E-state index in [1.165, 1.54) is 31.4 Å². The molecule has 0 amide bonds. The van der Waals surface area contributed by atoms with Crippen molar-refractivity contribution in [3.63, 3.8) is 0 Å². The summed E-state index contributed by atoms with van der Waals surface area (Å²) < 4.78 is 0. The van der Waals surface area contributed by atoms with Crippen LogP contribution in [0.1, 0.15) is 46.5 Å². The quantitative estimate of drug-likeness (QED) is 0.684. The Bertz CT molecular complexity index is 310. The van der Waals surface area contributed by atoms with Crippen molar-refractivity contribution in [3.05, 3.63) is 30.3 Å². The summed E-state index contributed by atoms with van der Waals surface area (Å²) in [4.78, 5) is 2.46. The van der Waals surface area contributed by atoms with Crippen LogP contribution in [0, 0.1) is 0 Å². The molecule has 0 saturated carbocycles. The highest BCUT2D eigenvalue weighted by atomic mass is 15.1. The van der Waals surface area contributed by atoms with Crippen LogP contribution in [0.25, 0.3) is 0 Å². The Morgan fingerprint density at radius 3 is 2.42 bits per heavy atom. The lowest BCUT2D eigenvalue weighted by Crippen LogP contribution is -2.31. The van der Waals surface area contributed by atoms with Crippen molar-refractivity contribution in [2.24, 2.45) is 0 Å². The van der Waals surface area contributed by atoms with E-state index in [1.54, 1.807) is 0 Å². The first-order chi connectivity index (χ1) is 9.31. The minimum atomic E-state index is 0.689. The zero-order valence-corrected chi connectivity index (χ0v) is 12.9. The van der Waals surface area contributed by atoms with Crippen molar-refractivity contribution in [3.8, 4) is 0 Å². The van der Waals surface area contributed by atoms with Crippen molar-refractivity contribution in [2.45, 2.75) is 52.5 Å². The molecule has 1 rings (SSSR count). The molecule has 2 nitrogen and oxygen atoms in total. The van der Waals surface area contributed by atoms with E-state index in [1.807, 2.05) is 0 Å². The fraction of sp³-hybridized carbons (Fsp3) is 0.647.